The highest BCUT2D eigenvalue weighted by Gasteiger charge is 2.27. The Hall–Kier alpha value is -2.38. The maximum absolute atomic E-state index is 12.9. The molecule has 0 saturated heterocycles. The second kappa shape index (κ2) is 9.21. The molecule has 2 rings (SSSR count). The van der Waals surface area contributed by atoms with E-state index in [-0.39, 0.29) is 22.8 Å². The number of sulfonamides is 1. The lowest BCUT2D eigenvalue weighted by molar-refractivity contribution is 0.0472. The number of hydrogen-bond acceptors (Lipinski definition) is 5. The van der Waals surface area contributed by atoms with Crippen LogP contribution in [0.3, 0.4) is 0 Å². The zero-order valence-electron chi connectivity index (χ0n) is 17.0. The lowest BCUT2D eigenvalue weighted by atomic mass is 10.1. The van der Waals surface area contributed by atoms with Crippen LogP contribution in [-0.4, -0.2) is 38.9 Å². The number of ether oxygens (including phenoxy) is 2. The molecule has 152 valence electrons. The molecular weight excluding hydrogens is 378 g/mol. The van der Waals surface area contributed by atoms with Gasteiger partial charge in [0.25, 0.3) is 0 Å². The third kappa shape index (κ3) is 4.91. The van der Waals surface area contributed by atoms with E-state index in [0.717, 1.165) is 16.7 Å². The predicted molar refractivity (Wildman–Crippen MR) is 108 cm³/mol. The molecule has 0 aliphatic carbocycles. The summed E-state index contributed by atoms with van der Waals surface area (Å²) in [7, 11) is -2.38. The van der Waals surface area contributed by atoms with E-state index in [1.165, 1.54) is 29.6 Å². The van der Waals surface area contributed by atoms with Crippen molar-refractivity contribution in [3.63, 3.8) is 0 Å². The standard InChI is InChI=1S/C21H27NO5S/c1-6-22(7-2)28(24,25)20-13-18(8-9-19(20)26-5)21(23)27-14-17-11-15(3)10-16(4)12-17/h8-13H,6-7,14H2,1-5H3. The highest BCUT2D eigenvalue weighted by Crippen LogP contribution is 2.28. The molecule has 0 N–H and O–H groups in total. The van der Waals surface area contributed by atoms with Crippen LogP contribution in [0, 0.1) is 13.8 Å². The van der Waals surface area contributed by atoms with Gasteiger partial charge in [-0.1, -0.05) is 43.2 Å². The fraction of sp³-hybridized carbons (Fsp3) is 0.381. The maximum atomic E-state index is 12.9. The summed E-state index contributed by atoms with van der Waals surface area (Å²) in [5, 5.41) is 0. The third-order valence-corrected chi connectivity index (χ3v) is 6.45. The zero-order chi connectivity index (χ0) is 20.9. The Morgan fingerprint density at radius 2 is 1.61 bits per heavy atom. The van der Waals surface area contributed by atoms with Gasteiger partial charge in [-0.25, -0.2) is 13.2 Å². The lowest BCUT2D eigenvalue weighted by Crippen LogP contribution is -2.31. The van der Waals surface area contributed by atoms with E-state index >= 15 is 0 Å². The van der Waals surface area contributed by atoms with Gasteiger partial charge in [-0.3, -0.25) is 0 Å². The van der Waals surface area contributed by atoms with Crippen LogP contribution in [0.25, 0.3) is 0 Å². The van der Waals surface area contributed by atoms with Gasteiger partial charge < -0.3 is 9.47 Å². The van der Waals surface area contributed by atoms with Crippen molar-refractivity contribution < 1.29 is 22.7 Å². The average molecular weight is 406 g/mol. The smallest absolute Gasteiger partial charge is 0.338 e. The molecular formula is C21H27NO5S. The summed E-state index contributed by atoms with van der Waals surface area (Å²) in [5.74, 6) is -0.393. The van der Waals surface area contributed by atoms with Gasteiger partial charge in [0, 0.05) is 13.1 Å². The van der Waals surface area contributed by atoms with Gasteiger partial charge in [-0.15, -0.1) is 0 Å². The SMILES string of the molecule is CCN(CC)S(=O)(=O)c1cc(C(=O)OCc2cc(C)cc(C)c2)ccc1OC. The van der Waals surface area contributed by atoms with Crippen LogP contribution in [0.15, 0.2) is 41.3 Å². The minimum absolute atomic E-state index is 0.0421. The minimum atomic E-state index is -3.78. The second-order valence-electron chi connectivity index (χ2n) is 6.53. The van der Waals surface area contributed by atoms with Crippen molar-refractivity contribution in [3.05, 3.63) is 58.7 Å². The van der Waals surface area contributed by atoms with Crippen LogP contribution in [-0.2, 0) is 21.4 Å². The quantitative estimate of drug-likeness (QED) is 0.626. The fourth-order valence-corrected chi connectivity index (χ4v) is 4.73. The van der Waals surface area contributed by atoms with Crippen molar-refractivity contribution in [2.24, 2.45) is 0 Å². The van der Waals surface area contributed by atoms with E-state index in [4.69, 9.17) is 9.47 Å². The Kier molecular flexibility index (Phi) is 7.21. The Morgan fingerprint density at radius 3 is 2.14 bits per heavy atom. The number of rotatable bonds is 8. The monoisotopic (exact) mass is 405 g/mol. The number of esters is 1. The molecule has 0 fully saturated rings. The first kappa shape index (κ1) is 21.9. The van der Waals surface area contributed by atoms with Gasteiger partial charge in [0.2, 0.25) is 10.0 Å². The topological polar surface area (TPSA) is 72.9 Å². The minimum Gasteiger partial charge on any atom is -0.495 e. The molecule has 0 aliphatic rings. The Labute approximate surface area is 167 Å². The van der Waals surface area contributed by atoms with Gasteiger partial charge in [-0.2, -0.15) is 4.31 Å². The summed E-state index contributed by atoms with van der Waals surface area (Å²) in [4.78, 5) is 12.5. The number of methoxy groups -OCH3 is 1. The van der Waals surface area contributed by atoms with Gasteiger partial charge in [0.1, 0.15) is 17.3 Å². The molecule has 0 radical (unpaired) electrons. The summed E-state index contributed by atoms with van der Waals surface area (Å²) < 4.78 is 37.7. The number of hydrogen-bond donors (Lipinski definition) is 0. The van der Waals surface area contributed by atoms with Gasteiger partial charge in [0.15, 0.2) is 0 Å². The van der Waals surface area contributed by atoms with Crippen LogP contribution >= 0.6 is 0 Å². The summed E-state index contributed by atoms with van der Waals surface area (Å²) >= 11 is 0. The van der Waals surface area contributed by atoms with E-state index in [1.54, 1.807) is 13.8 Å². The van der Waals surface area contributed by atoms with E-state index in [2.05, 4.69) is 0 Å². The van der Waals surface area contributed by atoms with Gasteiger partial charge in [0.05, 0.1) is 12.7 Å². The van der Waals surface area contributed by atoms with Crippen LogP contribution in [0.2, 0.25) is 0 Å². The molecule has 0 aromatic heterocycles. The molecule has 0 saturated carbocycles. The average Bonchev–Trinajstić information content (AvgIpc) is 2.65. The van der Waals surface area contributed by atoms with Crippen molar-refractivity contribution in [2.45, 2.75) is 39.2 Å². The number of benzene rings is 2. The number of carbonyl (C=O) groups is 1. The second-order valence-corrected chi connectivity index (χ2v) is 8.43. The summed E-state index contributed by atoms with van der Waals surface area (Å²) in [5.41, 5.74) is 3.22. The lowest BCUT2D eigenvalue weighted by Gasteiger charge is -2.20. The molecule has 7 heteroatoms. The van der Waals surface area contributed by atoms with E-state index in [0.29, 0.717) is 13.1 Å². The maximum Gasteiger partial charge on any atom is 0.338 e. The first-order valence-electron chi connectivity index (χ1n) is 9.15. The van der Waals surface area contributed by atoms with Gasteiger partial charge in [-0.05, 0) is 37.6 Å². The van der Waals surface area contributed by atoms with Crippen molar-refractivity contribution >= 4 is 16.0 Å². The van der Waals surface area contributed by atoms with E-state index in [1.807, 2.05) is 32.0 Å². The number of carbonyl (C=O) groups excluding carboxylic acids is 1. The van der Waals surface area contributed by atoms with Crippen LogP contribution < -0.4 is 4.74 Å². The summed E-state index contributed by atoms with van der Waals surface area (Å²) in [6, 6.07) is 10.2. The summed E-state index contributed by atoms with van der Waals surface area (Å²) in [6.45, 7) is 8.24. The fourth-order valence-electron chi connectivity index (χ4n) is 3.09. The van der Waals surface area contributed by atoms with Crippen LogP contribution in [0.4, 0.5) is 0 Å². The van der Waals surface area contributed by atoms with E-state index in [9.17, 15) is 13.2 Å². The normalized spacial score (nSPS) is 11.5. The molecule has 6 nitrogen and oxygen atoms in total. The zero-order valence-corrected chi connectivity index (χ0v) is 17.8. The number of aryl methyl sites for hydroxylation is 2. The van der Waals surface area contributed by atoms with Crippen molar-refractivity contribution in [3.8, 4) is 5.75 Å². The highest BCUT2D eigenvalue weighted by molar-refractivity contribution is 7.89. The molecule has 0 atom stereocenters. The molecule has 28 heavy (non-hydrogen) atoms. The molecule has 0 unspecified atom stereocenters. The largest absolute Gasteiger partial charge is 0.495 e. The first-order valence-corrected chi connectivity index (χ1v) is 10.6. The van der Waals surface area contributed by atoms with Gasteiger partial charge >= 0.3 is 5.97 Å². The van der Waals surface area contributed by atoms with Crippen molar-refractivity contribution in [1.29, 1.82) is 0 Å². The molecule has 0 amide bonds. The molecule has 2 aromatic carbocycles. The molecule has 0 bridgehead atoms. The Morgan fingerprint density at radius 1 is 1.00 bits per heavy atom. The molecule has 2 aromatic rings. The Balaban J connectivity index is 2.30. The van der Waals surface area contributed by atoms with Crippen molar-refractivity contribution in [1.82, 2.24) is 4.31 Å². The number of nitrogens with zero attached hydrogens (tertiary/aromatic N) is 1. The third-order valence-electron chi connectivity index (χ3n) is 4.37. The van der Waals surface area contributed by atoms with E-state index < -0.39 is 16.0 Å². The predicted octanol–water partition coefficient (Wildman–Crippen LogP) is 3.70. The van der Waals surface area contributed by atoms with Crippen LogP contribution in [0.5, 0.6) is 5.75 Å². The van der Waals surface area contributed by atoms with Crippen LogP contribution in [0.1, 0.15) is 40.9 Å². The summed E-state index contributed by atoms with van der Waals surface area (Å²) in [6.07, 6.45) is 0. The van der Waals surface area contributed by atoms with Crippen molar-refractivity contribution in [2.75, 3.05) is 20.2 Å². The first-order chi connectivity index (χ1) is 13.2. The molecule has 0 heterocycles. The Bertz CT molecular complexity index is 929. The highest BCUT2D eigenvalue weighted by atomic mass is 32.2. The molecule has 0 spiro atoms. The molecule has 0 aliphatic heterocycles.